The molecule has 1 saturated carbocycles. The van der Waals surface area contributed by atoms with Crippen molar-refractivity contribution in [3.05, 3.63) is 42.0 Å². The summed E-state index contributed by atoms with van der Waals surface area (Å²) in [7, 11) is 0. The zero-order valence-corrected chi connectivity index (χ0v) is 24.0. The lowest BCUT2D eigenvalue weighted by Gasteiger charge is -2.40. The van der Waals surface area contributed by atoms with E-state index < -0.39 is 0 Å². The van der Waals surface area contributed by atoms with E-state index in [1.165, 1.54) is 6.42 Å². The highest BCUT2D eigenvalue weighted by Crippen LogP contribution is 2.36. The van der Waals surface area contributed by atoms with Crippen molar-refractivity contribution in [2.24, 2.45) is 23.2 Å². The lowest BCUT2D eigenvalue weighted by Crippen LogP contribution is -2.45. The number of carbonyl (C=O) groups excluding carboxylic acids is 1. The number of ether oxygens (including phenoxy) is 4. The summed E-state index contributed by atoms with van der Waals surface area (Å²) >= 11 is 0. The smallest absolute Gasteiger partial charge is 0.338 e. The second kappa shape index (κ2) is 13.8. The van der Waals surface area contributed by atoms with Gasteiger partial charge in [0.05, 0.1) is 32.0 Å². The summed E-state index contributed by atoms with van der Waals surface area (Å²) in [6, 6.07) is 11.9. The molecule has 210 valence electrons. The topological polar surface area (TPSA) is 54.0 Å². The van der Waals surface area contributed by atoms with Crippen LogP contribution >= 0.6 is 0 Å². The molecule has 0 N–H and O–H groups in total. The minimum absolute atomic E-state index is 0.0147. The van der Waals surface area contributed by atoms with Crippen LogP contribution in [0.15, 0.2) is 36.4 Å². The summed E-state index contributed by atoms with van der Waals surface area (Å²) in [6.45, 7) is 13.0. The van der Waals surface area contributed by atoms with Gasteiger partial charge in [0.2, 0.25) is 0 Å². The van der Waals surface area contributed by atoms with Crippen molar-refractivity contribution < 1.29 is 23.7 Å². The van der Waals surface area contributed by atoms with E-state index in [1.54, 1.807) is 0 Å². The van der Waals surface area contributed by atoms with Crippen LogP contribution in [0.4, 0.5) is 0 Å². The first-order valence-electron chi connectivity index (χ1n) is 14.9. The Morgan fingerprint density at radius 3 is 2.45 bits per heavy atom. The standard InChI is InChI=1S/C33H48O5/c1-5-33(22-36-23-33)21-35-16-8-6-7-9-17-37-29-14-13-26-19-28(12-11-27(26)20-29)32(34)38-31-18-25(4)10-15-30(31)24(2)3/h11-14,19-20,24-25,30-31H,5-10,15-18,21-23H2,1-4H3. The second-order valence-electron chi connectivity index (χ2n) is 12.2. The quantitative estimate of drug-likeness (QED) is 0.186. The monoisotopic (exact) mass is 524 g/mol. The summed E-state index contributed by atoms with van der Waals surface area (Å²) in [5, 5.41) is 2.10. The Balaban J connectivity index is 1.17. The molecule has 2 aromatic rings. The summed E-state index contributed by atoms with van der Waals surface area (Å²) < 4.78 is 23.3. The van der Waals surface area contributed by atoms with Crippen LogP contribution in [-0.2, 0) is 14.2 Å². The lowest BCUT2D eigenvalue weighted by atomic mass is 9.75. The maximum atomic E-state index is 13.0. The first-order chi connectivity index (χ1) is 18.4. The van der Waals surface area contributed by atoms with Gasteiger partial charge in [-0.2, -0.15) is 0 Å². The molecule has 3 unspecified atom stereocenters. The Kier molecular flexibility index (Phi) is 10.5. The molecule has 1 heterocycles. The summed E-state index contributed by atoms with van der Waals surface area (Å²) in [6.07, 6.45) is 8.91. The number of hydrogen-bond acceptors (Lipinski definition) is 5. The molecule has 0 aromatic heterocycles. The van der Waals surface area contributed by atoms with Crippen LogP contribution in [-0.4, -0.2) is 45.1 Å². The fourth-order valence-electron chi connectivity index (χ4n) is 5.82. The fraction of sp³-hybridized carbons (Fsp3) is 0.667. The molecule has 0 bridgehead atoms. The first kappa shape index (κ1) is 28.9. The van der Waals surface area contributed by atoms with Crippen molar-refractivity contribution in [1.82, 2.24) is 0 Å². The van der Waals surface area contributed by atoms with Crippen molar-refractivity contribution in [2.45, 2.75) is 85.2 Å². The Morgan fingerprint density at radius 2 is 1.74 bits per heavy atom. The van der Waals surface area contributed by atoms with Crippen LogP contribution in [0.5, 0.6) is 5.75 Å². The van der Waals surface area contributed by atoms with Crippen LogP contribution in [0.3, 0.4) is 0 Å². The van der Waals surface area contributed by atoms with Gasteiger partial charge in [0.25, 0.3) is 0 Å². The molecule has 0 amide bonds. The number of esters is 1. The molecule has 4 rings (SSSR count). The predicted octanol–water partition coefficient (Wildman–Crippen LogP) is 7.84. The third kappa shape index (κ3) is 7.72. The van der Waals surface area contributed by atoms with E-state index in [1.807, 2.05) is 30.3 Å². The zero-order valence-electron chi connectivity index (χ0n) is 24.0. The average Bonchev–Trinajstić information content (AvgIpc) is 2.88. The van der Waals surface area contributed by atoms with Gasteiger partial charge < -0.3 is 18.9 Å². The van der Waals surface area contributed by atoms with Gasteiger partial charge >= 0.3 is 5.97 Å². The highest BCUT2D eigenvalue weighted by Gasteiger charge is 2.37. The van der Waals surface area contributed by atoms with E-state index in [0.717, 1.165) is 87.9 Å². The van der Waals surface area contributed by atoms with Crippen molar-refractivity contribution in [3.63, 3.8) is 0 Å². The predicted molar refractivity (Wildman–Crippen MR) is 153 cm³/mol. The number of benzene rings is 2. The van der Waals surface area contributed by atoms with E-state index in [4.69, 9.17) is 18.9 Å². The molecule has 5 nitrogen and oxygen atoms in total. The number of hydrogen-bond donors (Lipinski definition) is 0. The van der Waals surface area contributed by atoms with Crippen LogP contribution in [0, 0.1) is 23.2 Å². The van der Waals surface area contributed by atoms with Gasteiger partial charge in [0, 0.05) is 12.0 Å². The van der Waals surface area contributed by atoms with Gasteiger partial charge in [-0.15, -0.1) is 0 Å². The molecule has 38 heavy (non-hydrogen) atoms. The Hall–Kier alpha value is -2.11. The minimum atomic E-state index is -0.204. The molecule has 2 aromatic carbocycles. The molecule has 5 heteroatoms. The number of unbranched alkanes of at least 4 members (excludes halogenated alkanes) is 3. The highest BCUT2D eigenvalue weighted by molar-refractivity contribution is 5.95. The van der Waals surface area contributed by atoms with E-state index in [0.29, 0.717) is 29.9 Å². The van der Waals surface area contributed by atoms with E-state index in [2.05, 4.69) is 33.8 Å². The number of carbonyl (C=O) groups is 1. The lowest BCUT2D eigenvalue weighted by molar-refractivity contribution is -0.150. The van der Waals surface area contributed by atoms with Crippen LogP contribution in [0.2, 0.25) is 0 Å². The zero-order chi connectivity index (χ0) is 27.0. The van der Waals surface area contributed by atoms with Crippen molar-refractivity contribution in [3.8, 4) is 5.75 Å². The van der Waals surface area contributed by atoms with Crippen LogP contribution in [0.1, 0.15) is 89.4 Å². The third-order valence-corrected chi connectivity index (χ3v) is 8.69. The Labute approximate surface area is 229 Å². The van der Waals surface area contributed by atoms with E-state index in [9.17, 15) is 4.79 Å². The molecule has 0 radical (unpaired) electrons. The molecule has 1 saturated heterocycles. The van der Waals surface area contributed by atoms with E-state index in [-0.39, 0.29) is 17.5 Å². The SMILES string of the molecule is CCC1(COCCCCCCOc2ccc3cc(C(=O)OC4CC(C)CCC4C(C)C)ccc3c2)COC1. The van der Waals surface area contributed by atoms with Gasteiger partial charge in [-0.1, -0.05) is 52.7 Å². The van der Waals surface area contributed by atoms with Gasteiger partial charge in [0.1, 0.15) is 11.9 Å². The third-order valence-electron chi connectivity index (χ3n) is 8.69. The van der Waals surface area contributed by atoms with E-state index >= 15 is 0 Å². The van der Waals surface area contributed by atoms with Crippen molar-refractivity contribution >= 4 is 16.7 Å². The fourth-order valence-corrected chi connectivity index (χ4v) is 5.82. The molecule has 2 fully saturated rings. The molecule has 3 atom stereocenters. The van der Waals surface area contributed by atoms with Gasteiger partial charge in [0.15, 0.2) is 0 Å². The highest BCUT2D eigenvalue weighted by atomic mass is 16.5. The maximum absolute atomic E-state index is 13.0. The summed E-state index contributed by atoms with van der Waals surface area (Å²) in [4.78, 5) is 13.0. The largest absolute Gasteiger partial charge is 0.494 e. The Bertz CT molecular complexity index is 1020. The van der Waals surface area contributed by atoms with Gasteiger partial charge in [-0.05, 0) is 91.3 Å². The first-order valence-corrected chi connectivity index (χ1v) is 14.9. The van der Waals surface area contributed by atoms with Crippen molar-refractivity contribution in [2.75, 3.05) is 33.0 Å². The second-order valence-corrected chi connectivity index (χ2v) is 12.2. The molecular formula is C33H48O5. The summed E-state index contributed by atoms with van der Waals surface area (Å²) in [5.74, 6) is 2.25. The minimum Gasteiger partial charge on any atom is -0.494 e. The molecule has 1 aliphatic heterocycles. The average molecular weight is 525 g/mol. The molecule has 0 spiro atoms. The van der Waals surface area contributed by atoms with Gasteiger partial charge in [-0.3, -0.25) is 0 Å². The molecular weight excluding hydrogens is 476 g/mol. The van der Waals surface area contributed by atoms with Crippen LogP contribution in [0.25, 0.3) is 10.8 Å². The van der Waals surface area contributed by atoms with Gasteiger partial charge in [-0.25, -0.2) is 4.79 Å². The maximum Gasteiger partial charge on any atom is 0.338 e. The molecule has 2 aliphatic rings. The summed E-state index contributed by atoms with van der Waals surface area (Å²) in [5.41, 5.74) is 0.908. The van der Waals surface area contributed by atoms with Crippen molar-refractivity contribution in [1.29, 1.82) is 0 Å². The Morgan fingerprint density at radius 1 is 1.00 bits per heavy atom. The number of rotatable bonds is 14. The normalized spacial score (nSPS) is 22.8. The number of fused-ring (bicyclic) bond motifs is 1. The molecule has 1 aliphatic carbocycles. The van der Waals surface area contributed by atoms with Crippen LogP contribution < -0.4 is 4.74 Å².